The van der Waals surface area contributed by atoms with E-state index in [1.54, 1.807) is 25.3 Å². The van der Waals surface area contributed by atoms with Crippen LogP contribution in [0.1, 0.15) is 35.2 Å². The number of benzene rings is 1. The number of nitrogens with one attached hydrogen (secondary N) is 1. The van der Waals surface area contributed by atoms with Crippen molar-refractivity contribution in [2.45, 2.75) is 31.1 Å². The van der Waals surface area contributed by atoms with Crippen LogP contribution in [-0.4, -0.2) is 32.4 Å². The highest BCUT2D eigenvalue weighted by Gasteiger charge is 2.16. The van der Waals surface area contributed by atoms with Crippen LogP contribution in [0.25, 0.3) is 0 Å². The van der Waals surface area contributed by atoms with Crippen molar-refractivity contribution in [3.8, 4) is 0 Å². The molecular formula is C18H22N4O3S. The summed E-state index contributed by atoms with van der Waals surface area (Å²) in [6.45, 7) is 3.73. The second-order valence-corrected chi connectivity index (χ2v) is 7.99. The second kappa shape index (κ2) is 7.43. The number of hydrogen-bond donors (Lipinski definition) is 2. The molecule has 0 unspecified atom stereocenters. The van der Waals surface area contributed by atoms with Crippen LogP contribution in [-0.2, 0) is 10.0 Å². The van der Waals surface area contributed by atoms with Gasteiger partial charge in [0.2, 0.25) is 10.0 Å². The van der Waals surface area contributed by atoms with Crippen molar-refractivity contribution in [3.05, 3.63) is 47.7 Å². The number of nitrogens with zero attached hydrogens (tertiary/aromatic N) is 2. The van der Waals surface area contributed by atoms with Gasteiger partial charge in [-0.2, -0.15) is 0 Å². The Labute approximate surface area is 153 Å². The molecule has 8 heteroatoms. The number of anilines is 2. The molecule has 1 aromatic heterocycles. The van der Waals surface area contributed by atoms with Crippen molar-refractivity contribution >= 4 is 27.4 Å². The summed E-state index contributed by atoms with van der Waals surface area (Å²) in [7, 11) is -3.86. The first-order valence-corrected chi connectivity index (χ1v) is 10.0. The lowest BCUT2D eigenvalue weighted by atomic mass is 10.1. The van der Waals surface area contributed by atoms with E-state index in [2.05, 4.69) is 15.2 Å². The Morgan fingerprint density at radius 2 is 1.88 bits per heavy atom. The highest BCUT2D eigenvalue weighted by molar-refractivity contribution is 7.89. The van der Waals surface area contributed by atoms with E-state index >= 15 is 0 Å². The minimum atomic E-state index is -3.86. The topological polar surface area (TPSA) is 105 Å². The number of pyridine rings is 1. The zero-order chi connectivity index (χ0) is 18.7. The Hall–Kier alpha value is -2.45. The average molecular weight is 374 g/mol. The smallest absolute Gasteiger partial charge is 0.256 e. The fourth-order valence-corrected chi connectivity index (χ4v) is 3.53. The van der Waals surface area contributed by atoms with Gasteiger partial charge < -0.3 is 10.2 Å². The molecule has 26 heavy (non-hydrogen) atoms. The molecule has 7 nitrogen and oxygen atoms in total. The Kier molecular flexibility index (Phi) is 5.24. The lowest BCUT2D eigenvalue weighted by molar-refractivity contribution is 0.102. The van der Waals surface area contributed by atoms with Gasteiger partial charge in [-0.1, -0.05) is 6.07 Å². The molecule has 1 saturated heterocycles. The third kappa shape index (κ3) is 4.20. The molecule has 1 aromatic carbocycles. The van der Waals surface area contributed by atoms with Crippen molar-refractivity contribution in [3.63, 3.8) is 0 Å². The number of aryl methyl sites for hydroxylation is 1. The van der Waals surface area contributed by atoms with Crippen LogP contribution in [0.3, 0.4) is 0 Å². The fraction of sp³-hybridized carbons (Fsp3) is 0.333. The van der Waals surface area contributed by atoms with Gasteiger partial charge in [0, 0.05) is 18.7 Å². The van der Waals surface area contributed by atoms with E-state index < -0.39 is 15.9 Å². The summed E-state index contributed by atoms with van der Waals surface area (Å²) >= 11 is 0. The molecule has 138 valence electrons. The van der Waals surface area contributed by atoms with Crippen LogP contribution in [0.2, 0.25) is 0 Å². The molecule has 3 N–H and O–H groups in total. The van der Waals surface area contributed by atoms with Gasteiger partial charge in [-0.15, -0.1) is 0 Å². The first-order valence-electron chi connectivity index (χ1n) is 8.50. The molecule has 1 amide bonds. The molecular weight excluding hydrogens is 352 g/mol. The number of rotatable bonds is 4. The van der Waals surface area contributed by atoms with Crippen LogP contribution in [0.4, 0.5) is 11.5 Å². The van der Waals surface area contributed by atoms with E-state index in [0.717, 1.165) is 18.9 Å². The van der Waals surface area contributed by atoms with Gasteiger partial charge >= 0.3 is 0 Å². The molecule has 2 heterocycles. The number of hydrogen-bond acceptors (Lipinski definition) is 5. The van der Waals surface area contributed by atoms with Gasteiger partial charge in [0.15, 0.2) is 0 Å². The molecule has 0 bridgehead atoms. The van der Waals surface area contributed by atoms with Crippen LogP contribution < -0.4 is 15.4 Å². The normalized spacial score (nSPS) is 14.9. The van der Waals surface area contributed by atoms with Crippen LogP contribution in [0.15, 0.2) is 41.4 Å². The highest BCUT2D eigenvalue weighted by atomic mass is 32.2. The van der Waals surface area contributed by atoms with E-state index in [1.165, 1.54) is 31.4 Å². The first-order chi connectivity index (χ1) is 12.3. The Balaban J connectivity index is 1.75. The molecule has 0 spiro atoms. The minimum absolute atomic E-state index is 0.0909. The largest absolute Gasteiger partial charge is 0.357 e. The number of primary sulfonamides is 1. The monoisotopic (exact) mass is 374 g/mol. The molecule has 0 radical (unpaired) electrons. The van der Waals surface area contributed by atoms with E-state index in [4.69, 9.17) is 5.14 Å². The van der Waals surface area contributed by atoms with Crippen molar-refractivity contribution < 1.29 is 13.2 Å². The minimum Gasteiger partial charge on any atom is -0.357 e. The van der Waals surface area contributed by atoms with E-state index in [-0.39, 0.29) is 10.5 Å². The molecule has 0 aliphatic carbocycles. The third-order valence-corrected chi connectivity index (χ3v) is 5.38. The van der Waals surface area contributed by atoms with Gasteiger partial charge in [0.25, 0.3) is 5.91 Å². The summed E-state index contributed by atoms with van der Waals surface area (Å²) in [6.07, 6.45) is 5.20. The van der Waals surface area contributed by atoms with Gasteiger partial charge in [0.05, 0.1) is 16.8 Å². The maximum Gasteiger partial charge on any atom is 0.256 e. The third-order valence-electron chi connectivity index (χ3n) is 4.47. The van der Waals surface area contributed by atoms with Crippen molar-refractivity contribution in [2.24, 2.45) is 5.14 Å². The van der Waals surface area contributed by atoms with Crippen molar-refractivity contribution in [1.82, 2.24) is 4.98 Å². The van der Waals surface area contributed by atoms with Crippen LogP contribution in [0.5, 0.6) is 0 Å². The van der Waals surface area contributed by atoms with E-state index in [9.17, 15) is 13.2 Å². The van der Waals surface area contributed by atoms with Crippen LogP contribution in [0, 0.1) is 6.92 Å². The van der Waals surface area contributed by atoms with E-state index in [1.807, 2.05) is 6.07 Å². The van der Waals surface area contributed by atoms with Gasteiger partial charge in [0.1, 0.15) is 5.82 Å². The number of nitrogens with two attached hydrogens (primary N) is 1. The first kappa shape index (κ1) is 18.3. The maximum atomic E-state index is 12.5. The summed E-state index contributed by atoms with van der Waals surface area (Å²) in [5.74, 6) is 0.496. The predicted octanol–water partition coefficient (Wildman–Crippen LogP) is 2.28. The van der Waals surface area contributed by atoms with Crippen molar-refractivity contribution in [2.75, 3.05) is 23.3 Å². The lowest BCUT2D eigenvalue weighted by Crippen LogP contribution is -2.30. The molecule has 0 atom stereocenters. The Morgan fingerprint density at radius 1 is 1.15 bits per heavy atom. The summed E-state index contributed by atoms with van der Waals surface area (Å²) in [6, 6.07) is 7.92. The fourth-order valence-electron chi connectivity index (χ4n) is 2.99. The summed E-state index contributed by atoms with van der Waals surface area (Å²) < 4.78 is 23.0. The quantitative estimate of drug-likeness (QED) is 0.854. The van der Waals surface area contributed by atoms with Crippen LogP contribution >= 0.6 is 0 Å². The van der Waals surface area contributed by atoms with Crippen molar-refractivity contribution in [1.29, 1.82) is 0 Å². The Morgan fingerprint density at radius 3 is 2.50 bits per heavy atom. The number of piperidine rings is 1. The SMILES string of the molecule is Cc1ccc(S(N)(=O)=O)cc1C(=O)Nc1ccc(N2CCCCC2)nc1. The highest BCUT2D eigenvalue weighted by Crippen LogP contribution is 2.20. The molecule has 1 aliphatic rings. The Bertz CT molecular complexity index is 905. The van der Waals surface area contributed by atoms with Gasteiger partial charge in [-0.3, -0.25) is 4.79 Å². The zero-order valence-electron chi connectivity index (χ0n) is 14.6. The predicted molar refractivity (Wildman–Crippen MR) is 101 cm³/mol. The summed E-state index contributed by atoms with van der Waals surface area (Å²) in [5.41, 5.74) is 1.47. The lowest BCUT2D eigenvalue weighted by Gasteiger charge is -2.27. The molecule has 2 aromatic rings. The molecule has 1 aliphatic heterocycles. The standard InChI is InChI=1S/C18H22N4O3S/c1-13-5-7-15(26(19,24)25)11-16(13)18(23)21-14-6-8-17(20-12-14)22-9-3-2-4-10-22/h5-8,11-12H,2-4,9-10H2,1H3,(H,21,23)(H2,19,24,25). The maximum absolute atomic E-state index is 12.5. The molecule has 3 rings (SSSR count). The number of carbonyl (C=O) groups excluding carboxylic acids is 1. The molecule has 0 saturated carbocycles. The zero-order valence-corrected chi connectivity index (χ0v) is 15.4. The number of sulfonamides is 1. The average Bonchev–Trinajstić information content (AvgIpc) is 2.62. The number of carbonyl (C=O) groups is 1. The number of aromatic nitrogens is 1. The number of amides is 1. The molecule has 1 fully saturated rings. The van der Waals surface area contributed by atoms with Gasteiger partial charge in [-0.05, 0) is 56.0 Å². The van der Waals surface area contributed by atoms with Gasteiger partial charge in [-0.25, -0.2) is 18.5 Å². The second-order valence-electron chi connectivity index (χ2n) is 6.43. The summed E-state index contributed by atoms with van der Waals surface area (Å²) in [4.78, 5) is 19.1. The summed E-state index contributed by atoms with van der Waals surface area (Å²) in [5, 5.41) is 7.89. The van der Waals surface area contributed by atoms with E-state index in [0.29, 0.717) is 11.3 Å².